The highest BCUT2D eigenvalue weighted by Gasteiger charge is 2.11. The molecule has 0 fully saturated rings. The SMILES string of the molecule is CC(=O)c1c[nH]c(C(=O)Nc2ccc(Oc3ccc(Cl)cc3)nc2)c1. The molecule has 0 atom stereocenters. The predicted octanol–water partition coefficient (Wildman–Crippen LogP) is 4.31. The minimum Gasteiger partial charge on any atom is -0.439 e. The summed E-state index contributed by atoms with van der Waals surface area (Å²) in [4.78, 5) is 30.3. The van der Waals surface area contributed by atoms with Crippen LogP contribution in [0.2, 0.25) is 5.02 Å². The van der Waals surface area contributed by atoms with Crippen LogP contribution < -0.4 is 10.1 Å². The van der Waals surface area contributed by atoms with E-state index in [9.17, 15) is 9.59 Å². The van der Waals surface area contributed by atoms with Gasteiger partial charge in [0.1, 0.15) is 11.4 Å². The molecule has 0 bridgehead atoms. The van der Waals surface area contributed by atoms with E-state index < -0.39 is 0 Å². The molecule has 1 amide bonds. The number of nitrogens with one attached hydrogen (secondary N) is 2. The molecule has 0 saturated heterocycles. The molecule has 25 heavy (non-hydrogen) atoms. The number of benzene rings is 1. The van der Waals surface area contributed by atoms with E-state index in [2.05, 4.69) is 15.3 Å². The second kappa shape index (κ2) is 7.19. The molecule has 0 radical (unpaired) electrons. The van der Waals surface area contributed by atoms with Crippen LogP contribution >= 0.6 is 11.6 Å². The van der Waals surface area contributed by atoms with E-state index in [1.165, 1.54) is 25.4 Å². The van der Waals surface area contributed by atoms with Gasteiger partial charge >= 0.3 is 0 Å². The van der Waals surface area contributed by atoms with Crippen LogP contribution in [0.25, 0.3) is 0 Å². The quantitative estimate of drug-likeness (QED) is 0.668. The van der Waals surface area contributed by atoms with Gasteiger partial charge in [0.25, 0.3) is 5.91 Å². The fourth-order valence-corrected chi connectivity index (χ4v) is 2.19. The number of hydrogen-bond acceptors (Lipinski definition) is 4. The molecule has 126 valence electrons. The number of ether oxygens (including phenoxy) is 1. The first-order chi connectivity index (χ1) is 12.0. The van der Waals surface area contributed by atoms with Crippen molar-refractivity contribution in [2.24, 2.45) is 0 Å². The Hall–Kier alpha value is -3.12. The lowest BCUT2D eigenvalue weighted by Crippen LogP contribution is -2.12. The number of ketones is 1. The maximum absolute atomic E-state index is 12.1. The summed E-state index contributed by atoms with van der Waals surface area (Å²) in [5.74, 6) is 0.525. The standard InChI is InChI=1S/C18H14ClN3O3/c1-11(23)12-8-16(20-9-12)18(24)22-14-4-7-17(21-10-14)25-15-5-2-13(19)3-6-15/h2-10,20H,1H3,(H,22,24). The number of amides is 1. The van der Waals surface area contributed by atoms with Crippen molar-refractivity contribution in [1.82, 2.24) is 9.97 Å². The van der Waals surface area contributed by atoms with Gasteiger partial charge in [0.2, 0.25) is 5.88 Å². The van der Waals surface area contributed by atoms with Crippen molar-refractivity contribution >= 4 is 29.0 Å². The third kappa shape index (κ3) is 4.24. The van der Waals surface area contributed by atoms with Crippen LogP contribution in [0.3, 0.4) is 0 Å². The molecular formula is C18H14ClN3O3. The fourth-order valence-electron chi connectivity index (χ4n) is 2.07. The van der Waals surface area contributed by atoms with Gasteiger partial charge in [0.05, 0.1) is 11.9 Å². The van der Waals surface area contributed by atoms with Crippen LogP contribution in [0.5, 0.6) is 11.6 Å². The second-order valence-electron chi connectivity index (χ2n) is 5.25. The Morgan fingerprint density at radius 2 is 1.92 bits per heavy atom. The number of hydrogen-bond donors (Lipinski definition) is 2. The molecule has 6 nitrogen and oxygen atoms in total. The average molecular weight is 356 g/mol. The minimum atomic E-state index is -0.360. The highest BCUT2D eigenvalue weighted by atomic mass is 35.5. The molecule has 0 aliphatic carbocycles. The number of aromatic amines is 1. The minimum absolute atomic E-state index is 0.110. The molecule has 2 N–H and O–H groups in total. The largest absolute Gasteiger partial charge is 0.439 e. The summed E-state index contributed by atoms with van der Waals surface area (Å²) in [5, 5.41) is 3.31. The molecule has 0 aliphatic rings. The van der Waals surface area contributed by atoms with E-state index in [4.69, 9.17) is 16.3 Å². The zero-order valence-electron chi connectivity index (χ0n) is 13.2. The number of pyridine rings is 1. The van der Waals surface area contributed by atoms with Crippen LogP contribution in [-0.4, -0.2) is 21.7 Å². The van der Waals surface area contributed by atoms with Crippen LogP contribution in [0.1, 0.15) is 27.8 Å². The van der Waals surface area contributed by atoms with Gasteiger partial charge in [-0.1, -0.05) is 11.6 Å². The van der Waals surface area contributed by atoms with Crippen LogP contribution in [0, 0.1) is 0 Å². The van der Waals surface area contributed by atoms with Crippen LogP contribution in [0.4, 0.5) is 5.69 Å². The van der Waals surface area contributed by atoms with Crippen molar-refractivity contribution in [3.8, 4) is 11.6 Å². The van der Waals surface area contributed by atoms with Crippen molar-refractivity contribution in [3.63, 3.8) is 0 Å². The van der Waals surface area contributed by atoms with Gasteiger partial charge in [-0.2, -0.15) is 0 Å². The van der Waals surface area contributed by atoms with Crippen LogP contribution in [0.15, 0.2) is 54.9 Å². The predicted molar refractivity (Wildman–Crippen MR) is 94.5 cm³/mol. The summed E-state index contributed by atoms with van der Waals surface area (Å²) in [7, 11) is 0. The molecule has 3 rings (SSSR count). The maximum atomic E-state index is 12.1. The highest BCUT2D eigenvalue weighted by Crippen LogP contribution is 2.22. The van der Waals surface area contributed by atoms with Gasteiger partial charge in [0.15, 0.2) is 5.78 Å². The van der Waals surface area contributed by atoms with Crippen LogP contribution in [-0.2, 0) is 0 Å². The first-order valence-corrected chi connectivity index (χ1v) is 7.79. The van der Waals surface area contributed by atoms with E-state index >= 15 is 0 Å². The highest BCUT2D eigenvalue weighted by molar-refractivity contribution is 6.30. The summed E-state index contributed by atoms with van der Waals surface area (Å²) < 4.78 is 5.58. The lowest BCUT2D eigenvalue weighted by molar-refractivity contribution is 0.101. The van der Waals surface area contributed by atoms with E-state index in [1.807, 2.05) is 0 Å². The fraction of sp³-hybridized carbons (Fsp3) is 0.0556. The summed E-state index contributed by atoms with van der Waals surface area (Å²) in [6.07, 6.45) is 2.98. The summed E-state index contributed by atoms with van der Waals surface area (Å²) in [5.41, 5.74) is 1.26. The molecule has 0 saturated carbocycles. The lowest BCUT2D eigenvalue weighted by atomic mass is 10.2. The number of rotatable bonds is 5. The molecule has 3 aromatic rings. The van der Waals surface area contributed by atoms with E-state index in [-0.39, 0.29) is 11.7 Å². The van der Waals surface area contributed by atoms with Crippen molar-refractivity contribution in [2.75, 3.05) is 5.32 Å². The topological polar surface area (TPSA) is 84.1 Å². The first kappa shape index (κ1) is 16.7. The molecule has 0 unspecified atom stereocenters. The Bertz CT molecular complexity index is 902. The Kier molecular flexibility index (Phi) is 4.81. The number of anilines is 1. The third-order valence-corrected chi connectivity index (χ3v) is 3.62. The zero-order chi connectivity index (χ0) is 17.8. The summed E-state index contributed by atoms with van der Waals surface area (Å²) >= 11 is 5.82. The number of halogens is 1. The Labute approximate surface area is 148 Å². The summed E-state index contributed by atoms with van der Waals surface area (Å²) in [6.45, 7) is 1.44. The first-order valence-electron chi connectivity index (χ1n) is 7.41. The van der Waals surface area contributed by atoms with E-state index in [1.54, 1.807) is 36.4 Å². The third-order valence-electron chi connectivity index (χ3n) is 3.36. The number of Topliss-reactive ketones (excluding diaryl/α,β-unsaturated/α-hetero) is 1. The molecule has 0 aliphatic heterocycles. The Morgan fingerprint density at radius 3 is 2.52 bits per heavy atom. The van der Waals surface area contributed by atoms with Gasteiger partial charge in [-0.05, 0) is 43.3 Å². The van der Waals surface area contributed by atoms with Crippen molar-refractivity contribution in [3.05, 3.63) is 71.1 Å². The monoisotopic (exact) mass is 355 g/mol. The zero-order valence-corrected chi connectivity index (χ0v) is 14.0. The normalized spacial score (nSPS) is 10.3. The number of carbonyl (C=O) groups excluding carboxylic acids is 2. The van der Waals surface area contributed by atoms with Gasteiger partial charge in [-0.3, -0.25) is 9.59 Å². The van der Waals surface area contributed by atoms with Gasteiger partial charge in [-0.25, -0.2) is 4.98 Å². The maximum Gasteiger partial charge on any atom is 0.272 e. The van der Waals surface area contributed by atoms with Gasteiger partial charge < -0.3 is 15.0 Å². The number of H-pyrrole nitrogens is 1. The molecular weight excluding hydrogens is 342 g/mol. The summed E-state index contributed by atoms with van der Waals surface area (Å²) in [6, 6.07) is 11.7. The molecule has 7 heteroatoms. The van der Waals surface area contributed by atoms with Gasteiger partial charge in [0, 0.05) is 22.8 Å². The van der Waals surface area contributed by atoms with Gasteiger partial charge in [-0.15, -0.1) is 0 Å². The van der Waals surface area contributed by atoms with E-state index in [0.717, 1.165) is 0 Å². The number of nitrogens with zero attached hydrogens (tertiary/aromatic N) is 1. The van der Waals surface area contributed by atoms with E-state index in [0.29, 0.717) is 33.6 Å². The molecule has 2 aromatic heterocycles. The van der Waals surface area contributed by atoms with Crippen molar-refractivity contribution < 1.29 is 14.3 Å². The number of carbonyl (C=O) groups is 2. The Balaban J connectivity index is 1.64. The molecule has 1 aromatic carbocycles. The second-order valence-corrected chi connectivity index (χ2v) is 5.69. The number of aromatic nitrogens is 2. The smallest absolute Gasteiger partial charge is 0.272 e. The molecule has 0 spiro atoms. The molecule has 2 heterocycles. The average Bonchev–Trinajstić information content (AvgIpc) is 3.09. The van der Waals surface area contributed by atoms with Crippen molar-refractivity contribution in [2.45, 2.75) is 6.92 Å². The van der Waals surface area contributed by atoms with Crippen molar-refractivity contribution in [1.29, 1.82) is 0 Å². The Morgan fingerprint density at radius 1 is 1.16 bits per heavy atom. The lowest BCUT2D eigenvalue weighted by Gasteiger charge is -2.06.